The van der Waals surface area contributed by atoms with Crippen molar-refractivity contribution in [2.45, 2.75) is 32.1 Å². The number of hydrogen-bond donors (Lipinski definition) is 1. The fraction of sp³-hybridized carbons (Fsp3) is 0.462. The van der Waals surface area contributed by atoms with Crippen molar-refractivity contribution < 1.29 is 19.0 Å². The Morgan fingerprint density at radius 2 is 2.06 bits per heavy atom. The third-order valence-electron chi connectivity index (χ3n) is 6.19. The molecule has 0 spiro atoms. The van der Waals surface area contributed by atoms with Gasteiger partial charge >= 0.3 is 5.97 Å². The highest BCUT2D eigenvalue weighted by Crippen LogP contribution is 2.28. The largest absolute Gasteiger partial charge is 0.481 e. The molecule has 0 radical (unpaired) electrons. The Morgan fingerprint density at radius 1 is 1.19 bits per heavy atom. The van der Waals surface area contributed by atoms with E-state index in [0.29, 0.717) is 37.8 Å². The Kier molecular flexibility index (Phi) is 8.24. The van der Waals surface area contributed by atoms with Crippen molar-refractivity contribution in [1.29, 1.82) is 0 Å². The molecule has 10 nitrogen and oxygen atoms in total. The van der Waals surface area contributed by atoms with Crippen molar-refractivity contribution >= 4 is 17.5 Å². The second-order valence-electron chi connectivity index (χ2n) is 8.76. The number of aromatic nitrogens is 4. The molecular weight excluding hydrogens is 460 g/mol. The maximum absolute atomic E-state index is 12.3. The van der Waals surface area contributed by atoms with Crippen LogP contribution in [0.2, 0.25) is 0 Å². The predicted molar refractivity (Wildman–Crippen MR) is 137 cm³/mol. The second-order valence-corrected chi connectivity index (χ2v) is 8.76. The van der Waals surface area contributed by atoms with Crippen molar-refractivity contribution in [1.82, 2.24) is 19.7 Å². The third-order valence-corrected chi connectivity index (χ3v) is 6.19. The van der Waals surface area contributed by atoms with Crippen LogP contribution < -0.4 is 19.7 Å². The summed E-state index contributed by atoms with van der Waals surface area (Å²) in [5, 5.41) is 7.98. The minimum absolute atomic E-state index is 0.129. The molecule has 0 amide bonds. The summed E-state index contributed by atoms with van der Waals surface area (Å²) in [6, 6.07) is 9.79. The molecule has 0 aliphatic carbocycles. The lowest BCUT2D eigenvalue weighted by atomic mass is 9.92. The molecule has 10 heteroatoms. The van der Waals surface area contributed by atoms with Crippen molar-refractivity contribution in [2.75, 3.05) is 50.7 Å². The van der Waals surface area contributed by atoms with Crippen LogP contribution in [0.5, 0.6) is 11.8 Å². The number of ether oxygens (including phenoxy) is 3. The third kappa shape index (κ3) is 6.24. The molecule has 1 N–H and O–H groups in total. The SMILES string of the molecule is CCOC(=O)CC(Cc1cc(OCCc2ccc3c(n2)NCCN3C)n(C)n1)c1ccc(OC)nc1. The fourth-order valence-corrected chi connectivity index (χ4v) is 4.27. The van der Waals surface area contributed by atoms with E-state index in [0.717, 1.165) is 41.5 Å². The van der Waals surface area contributed by atoms with E-state index in [9.17, 15) is 4.79 Å². The Morgan fingerprint density at radius 3 is 2.81 bits per heavy atom. The lowest BCUT2D eigenvalue weighted by Crippen LogP contribution is -2.31. The number of nitrogens with one attached hydrogen (secondary N) is 1. The van der Waals surface area contributed by atoms with E-state index in [1.54, 1.807) is 31.0 Å². The number of pyridine rings is 2. The highest BCUT2D eigenvalue weighted by molar-refractivity contribution is 5.70. The van der Waals surface area contributed by atoms with Crippen molar-refractivity contribution in [3.8, 4) is 11.8 Å². The molecular formula is C26H34N6O4. The van der Waals surface area contributed by atoms with E-state index in [-0.39, 0.29) is 18.3 Å². The first kappa shape index (κ1) is 25.3. The van der Waals surface area contributed by atoms with E-state index >= 15 is 0 Å². The van der Waals surface area contributed by atoms with E-state index in [2.05, 4.69) is 33.4 Å². The Balaban J connectivity index is 1.39. The lowest BCUT2D eigenvalue weighted by molar-refractivity contribution is -0.143. The van der Waals surface area contributed by atoms with Crippen LogP contribution in [-0.4, -0.2) is 66.2 Å². The van der Waals surface area contributed by atoms with Gasteiger partial charge in [0.1, 0.15) is 5.82 Å². The summed E-state index contributed by atoms with van der Waals surface area (Å²) in [4.78, 5) is 23.5. The Bertz CT molecular complexity index is 1160. The standard InChI is InChI=1S/C26H34N6O4/c1-5-35-25(33)15-19(18-6-9-23(34-4)28-17-18)14-21-16-24(32(3)30-21)36-13-10-20-7-8-22-26(29-20)27-11-12-31(22)2/h6-9,16-17,19H,5,10-15H2,1-4H3,(H,27,29). The molecule has 1 aliphatic heterocycles. The van der Waals surface area contributed by atoms with E-state index in [1.807, 2.05) is 25.2 Å². The number of carbonyl (C=O) groups is 1. The number of esters is 1. The summed E-state index contributed by atoms with van der Waals surface area (Å²) in [6.45, 7) is 4.49. The summed E-state index contributed by atoms with van der Waals surface area (Å²) < 4.78 is 18.1. The van der Waals surface area contributed by atoms with E-state index < -0.39 is 0 Å². The molecule has 0 bridgehead atoms. The predicted octanol–water partition coefficient (Wildman–Crippen LogP) is 2.98. The van der Waals surface area contributed by atoms with Gasteiger partial charge in [-0.3, -0.25) is 4.79 Å². The van der Waals surface area contributed by atoms with Crippen LogP contribution in [0.15, 0.2) is 36.5 Å². The van der Waals surface area contributed by atoms with Gasteiger partial charge in [-0.2, -0.15) is 5.10 Å². The summed E-state index contributed by atoms with van der Waals surface area (Å²) in [7, 11) is 5.50. The zero-order valence-corrected chi connectivity index (χ0v) is 21.4. The quantitative estimate of drug-likeness (QED) is 0.403. The number of rotatable bonds is 11. The van der Waals surface area contributed by atoms with Gasteiger partial charge in [-0.05, 0) is 31.0 Å². The fourth-order valence-electron chi connectivity index (χ4n) is 4.27. The molecule has 4 rings (SSSR count). The number of aryl methyl sites for hydroxylation is 1. The van der Waals surface area contributed by atoms with Gasteiger partial charge < -0.3 is 24.4 Å². The van der Waals surface area contributed by atoms with Crippen LogP contribution in [0.3, 0.4) is 0 Å². The van der Waals surface area contributed by atoms with Crippen molar-refractivity contribution in [2.24, 2.45) is 7.05 Å². The molecule has 1 unspecified atom stereocenters. The molecule has 0 saturated carbocycles. The summed E-state index contributed by atoms with van der Waals surface area (Å²) >= 11 is 0. The van der Waals surface area contributed by atoms with Crippen LogP contribution in [0.4, 0.5) is 11.5 Å². The van der Waals surface area contributed by atoms with Gasteiger partial charge in [-0.1, -0.05) is 6.07 Å². The molecule has 3 aromatic heterocycles. The number of carbonyl (C=O) groups excluding carboxylic acids is 1. The Hall–Kier alpha value is -3.82. The monoisotopic (exact) mass is 494 g/mol. The first-order chi connectivity index (χ1) is 17.5. The van der Waals surface area contributed by atoms with E-state index in [1.165, 1.54) is 0 Å². The van der Waals surface area contributed by atoms with Gasteiger partial charge in [-0.25, -0.2) is 14.6 Å². The van der Waals surface area contributed by atoms with Crippen LogP contribution in [0, 0.1) is 0 Å². The minimum Gasteiger partial charge on any atom is -0.481 e. The number of likely N-dealkylation sites (N-methyl/N-ethyl adjacent to an activating group) is 1. The van der Waals surface area contributed by atoms with Gasteiger partial charge in [-0.15, -0.1) is 0 Å². The maximum Gasteiger partial charge on any atom is 0.306 e. The molecule has 4 heterocycles. The van der Waals surface area contributed by atoms with Crippen molar-refractivity contribution in [3.05, 3.63) is 53.5 Å². The number of hydrogen-bond acceptors (Lipinski definition) is 9. The molecule has 192 valence electrons. The number of anilines is 2. The highest BCUT2D eigenvalue weighted by Gasteiger charge is 2.21. The van der Waals surface area contributed by atoms with Crippen LogP contribution >= 0.6 is 0 Å². The van der Waals surface area contributed by atoms with Crippen LogP contribution in [-0.2, 0) is 29.4 Å². The number of nitrogens with zero attached hydrogens (tertiary/aromatic N) is 5. The molecule has 0 fully saturated rings. The zero-order chi connectivity index (χ0) is 25.5. The lowest BCUT2D eigenvalue weighted by Gasteiger charge is -2.27. The summed E-state index contributed by atoms with van der Waals surface area (Å²) in [5.74, 6) is 1.74. The van der Waals surface area contributed by atoms with Crippen LogP contribution in [0.1, 0.15) is 36.2 Å². The van der Waals surface area contributed by atoms with Gasteiger partial charge in [0.2, 0.25) is 11.8 Å². The molecule has 0 saturated heterocycles. The second kappa shape index (κ2) is 11.7. The first-order valence-corrected chi connectivity index (χ1v) is 12.2. The zero-order valence-electron chi connectivity index (χ0n) is 21.4. The Labute approximate surface area is 211 Å². The van der Waals surface area contributed by atoms with Gasteiger partial charge in [0, 0.05) is 63.5 Å². The highest BCUT2D eigenvalue weighted by atomic mass is 16.5. The molecule has 0 aromatic carbocycles. The average Bonchev–Trinajstić information content (AvgIpc) is 3.22. The molecule has 3 aromatic rings. The topological polar surface area (TPSA) is 104 Å². The molecule has 1 atom stereocenters. The molecule has 36 heavy (non-hydrogen) atoms. The number of methoxy groups -OCH3 is 1. The average molecular weight is 495 g/mol. The first-order valence-electron chi connectivity index (χ1n) is 12.2. The van der Waals surface area contributed by atoms with Gasteiger partial charge in [0.05, 0.1) is 38.1 Å². The molecule has 1 aliphatic rings. The smallest absolute Gasteiger partial charge is 0.306 e. The van der Waals surface area contributed by atoms with Gasteiger partial charge in [0.25, 0.3) is 0 Å². The van der Waals surface area contributed by atoms with Crippen molar-refractivity contribution in [3.63, 3.8) is 0 Å². The summed E-state index contributed by atoms with van der Waals surface area (Å²) in [6.07, 6.45) is 3.21. The van der Waals surface area contributed by atoms with Crippen LogP contribution in [0.25, 0.3) is 0 Å². The van der Waals surface area contributed by atoms with Gasteiger partial charge in [0.15, 0.2) is 0 Å². The minimum atomic E-state index is -0.246. The van der Waals surface area contributed by atoms with E-state index in [4.69, 9.17) is 19.2 Å². The normalized spacial score (nSPS) is 13.5. The summed E-state index contributed by atoms with van der Waals surface area (Å²) in [5.41, 5.74) is 3.85. The number of fused-ring (bicyclic) bond motifs is 1. The maximum atomic E-state index is 12.3.